The molecular formula is C26H26N4O6S. The Bertz CT molecular complexity index is 1410. The second kappa shape index (κ2) is 10.3. The number of aromatic nitrogens is 1. The lowest BCUT2D eigenvalue weighted by atomic mass is 9.92. The van der Waals surface area contributed by atoms with Gasteiger partial charge in [0.25, 0.3) is 15.9 Å². The largest absolute Gasteiger partial charge is 0.472 e. The van der Waals surface area contributed by atoms with Gasteiger partial charge in [-0.2, -0.15) is 4.31 Å². The molecule has 11 heteroatoms. The fourth-order valence-electron chi connectivity index (χ4n) is 4.78. The van der Waals surface area contributed by atoms with Crippen LogP contribution >= 0.6 is 0 Å². The van der Waals surface area contributed by atoms with E-state index in [4.69, 9.17) is 4.42 Å². The smallest absolute Gasteiger partial charge is 0.260 e. The third-order valence-electron chi connectivity index (χ3n) is 6.76. The fourth-order valence-corrected chi connectivity index (χ4v) is 6.15. The van der Waals surface area contributed by atoms with E-state index in [2.05, 4.69) is 10.3 Å². The Morgan fingerprint density at radius 1 is 1.03 bits per heavy atom. The molecule has 2 amide bonds. The van der Waals surface area contributed by atoms with E-state index in [-0.39, 0.29) is 37.0 Å². The van der Waals surface area contributed by atoms with Crippen LogP contribution in [0.5, 0.6) is 0 Å². The van der Waals surface area contributed by atoms with Crippen LogP contribution in [0.2, 0.25) is 0 Å². The predicted molar refractivity (Wildman–Crippen MR) is 132 cm³/mol. The van der Waals surface area contributed by atoms with Crippen LogP contribution in [0.1, 0.15) is 34.3 Å². The average molecular weight is 523 g/mol. The van der Waals surface area contributed by atoms with E-state index in [1.54, 1.807) is 18.2 Å². The highest BCUT2D eigenvalue weighted by molar-refractivity contribution is 7.89. The summed E-state index contributed by atoms with van der Waals surface area (Å²) in [6.45, 7) is 0.0148. The summed E-state index contributed by atoms with van der Waals surface area (Å²) in [4.78, 5) is 45.2. The van der Waals surface area contributed by atoms with E-state index in [1.165, 1.54) is 29.7 Å². The molecule has 0 spiro atoms. The summed E-state index contributed by atoms with van der Waals surface area (Å²) < 4.78 is 32.1. The van der Waals surface area contributed by atoms with Gasteiger partial charge in [-0.15, -0.1) is 0 Å². The molecule has 0 bridgehead atoms. The molecule has 3 aromatic rings. The van der Waals surface area contributed by atoms with Gasteiger partial charge in [-0.1, -0.05) is 30.3 Å². The second-order valence-corrected chi connectivity index (χ2v) is 11.0. The molecular weight excluding hydrogens is 496 g/mol. The number of amides is 2. The van der Waals surface area contributed by atoms with E-state index in [0.717, 1.165) is 15.4 Å². The number of nitrogens with one attached hydrogen (secondary N) is 1. The summed E-state index contributed by atoms with van der Waals surface area (Å²) in [5.41, 5.74) is 2.24. The molecule has 10 nitrogen and oxygen atoms in total. The van der Waals surface area contributed by atoms with Gasteiger partial charge >= 0.3 is 0 Å². The second-order valence-electron chi connectivity index (χ2n) is 9.11. The van der Waals surface area contributed by atoms with Crippen molar-refractivity contribution in [2.24, 2.45) is 0 Å². The van der Waals surface area contributed by atoms with Crippen molar-refractivity contribution >= 4 is 27.6 Å². The first kappa shape index (κ1) is 24.8. The molecule has 1 fully saturated rings. The number of furan rings is 1. The van der Waals surface area contributed by atoms with Crippen LogP contribution in [0.4, 0.5) is 0 Å². The molecule has 0 radical (unpaired) electrons. The number of hydrogen-bond donors (Lipinski definition) is 1. The summed E-state index contributed by atoms with van der Waals surface area (Å²) in [5, 5.41) is 2.68. The third-order valence-corrected chi connectivity index (χ3v) is 8.52. The standard InChI is InChI=1S/C26H26N4O6S/c31-23-16-29(37(34,35)24-9-3-4-11-27-24)12-5-8-21(23)28-25(32)22-14-18-6-1-2-7-19(18)15-30(22)26(33)20-10-13-36-17-20/h1-4,6-7,9-11,13,17,21-22H,5,8,12,14-16H2,(H,28,32). The number of sulfonamides is 1. The lowest BCUT2D eigenvalue weighted by molar-refractivity contribution is -0.130. The lowest BCUT2D eigenvalue weighted by Crippen LogP contribution is -2.55. The van der Waals surface area contributed by atoms with Crippen LogP contribution in [0.3, 0.4) is 0 Å². The Balaban J connectivity index is 1.33. The summed E-state index contributed by atoms with van der Waals surface area (Å²) in [6, 6.07) is 12.0. The number of Topliss-reactive ketones (excluding diaryl/α,β-unsaturated/α-hetero) is 1. The highest BCUT2D eigenvalue weighted by atomic mass is 32.2. The number of carbonyl (C=O) groups is 3. The predicted octanol–water partition coefficient (Wildman–Crippen LogP) is 1.78. The van der Waals surface area contributed by atoms with Crippen molar-refractivity contribution in [2.75, 3.05) is 13.1 Å². The summed E-state index contributed by atoms with van der Waals surface area (Å²) in [5.74, 6) is -1.21. The zero-order valence-electron chi connectivity index (χ0n) is 19.9. The Morgan fingerprint density at radius 3 is 2.54 bits per heavy atom. The first-order chi connectivity index (χ1) is 17.8. The van der Waals surface area contributed by atoms with Gasteiger partial charge in [0.05, 0.1) is 24.4 Å². The minimum atomic E-state index is -3.94. The molecule has 2 atom stereocenters. The van der Waals surface area contributed by atoms with Crippen LogP contribution < -0.4 is 5.32 Å². The Labute approximate surface area is 214 Å². The van der Waals surface area contributed by atoms with Crippen molar-refractivity contribution in [3.63, 3.8) is 0 Å². The maximum absolute atomic E-state index is 13.5. The normalized spacial score (nSPS) is 20.6. The number of pyridine rings is 1. The monoisotopic (exact) mass is 522 g/mol. The molecule has 2 aliphatic rings. The number of hydrogen-bond acceptors (Lipinski definition) is 7. The van der Waals surface area contributed by atoms with Crippen molar-refractivity contribution in [3.8, 4) is 0 Å². The molecule has 4 heterocycles. The van der Waals surface area contributed by atoms with Crippen LogP contribution in [-0.4, -0.2) is 65.4 Å². The van der Waals surface area contributed by atoms with Crippen LogP contribution in [0.15, 0.2) is 76.7 Å². The van der Waals surface area contributed by atoms with Crippen molar-refractivity contribution in [1.82, 2.24) is 19.5 Å². The fraction of sp³-hybridized carbons (Fsp3) is 0.308. The minimum Gasteiger partial charge on any atom is -0.472 e. The molecule has 2 aliphatic heterocycles. The van der Waals surface area contributed by atoms with Gasteiger partial charge in [-0.25, -0.2) is 13.4 Å². The number of benzene rings is 1. The molecule has 37 heavy (non-hydrogen) atoms. The number of ketones is 1. The van der Waals surface area contributed by atoms with Gasteiger partial charge in [0.15, 0.2) is 10.8 Å². The van der Waals surface area contributed by atoms with E-state index in [1.807, 2.05) is 24.3 Å². The molecule has 2 aromatic heterocycles. The molecule has 1 saturated heterocycles. The third kappa shape index (κ3) is 5.05. The maximum Gasteiger partial charge on any atom is 0.260 e. The van der Waals surface area contributed by atoms with E-state index in [0.29, 0.717) is 18.4 Å². The molecule has 0 aliphatic carbocycles. The summed E-state index contributed by atoms with van der Waals surface area (Å²) in [6.07, 6.45) is 5.09. The SMILES string of the molecule is O=C1CN(S(=O)(=O)c2ccccn2)CCCC1NC(=O)C1Cc2ccccc2CN1C(=O)c1ccoc1. The van der Waals surface area contributed by atoms with Gasteiger partial charge in [0, 0.05) is 25.7 Å². The first-order valence-corrected chi connectivity index (χ1v) is 13.4. The molecule has 5 rings (SSSR count). The zero-order valence-corrected chi connectivity index (χ0v) is 20.8. The molecule has 0 saturated carbocycles. The van der Waals surface area contributed by atoms with Gasteiger partial charge < -0.3 is 14.6 Å². The topological polar surface area (TPSA) is 130 Å². The Hall–Kier alpha value is -3.83. The van der Waals surface area contributed by atoms with Gasteiger partial charge in [0.2, 0.25) is 5.91 Å². The van der Waals surface area contributed by atoms with Crippen molar-refractivity contribution in [2.45, 2.75) is 42.9 Å². The van der Waals surface area contributed by atoms with Crippen molar-refractivity contribution < 1.29 is 27.2 Å². The van der Waals surface area contributed by atoms with Crippen molar-refractivity contribution in [1.29, 1.82) is 0 Å². The average Bonchev–Trinajstić information content (AvgIpc) is 3.39. The molecule has 1 N–H and O–H groups in total. The maximum atomic E-state index is 13.5. The number of rotatable bonds is 5. The number of nitrogens with zero attached hydrogens (tertiary/aromatic N) is 3. The van der Waals surface area contributed by atoms with E-state index in [9.17, 15) is 22.8 Å². The van der Waals surface area contributed by atoms with Gasteiger partial charge in [-0.3, -0.25) is 14.4 Å². The van der Waals surface area contributed by atoms with Crippen LogP contribution in [-0.2, 0) is 32.6 Å². The van der Waals surface area contributed by atoms with Crippen molar-refractivity contribution in [3.05, 3.63) is 83.9 Å². The van der Waals surface area contributed by atoms with Crippen LogP contribution in [0, 0.1) is 0 Å². The van der Waals surface area contributed by atoms with E-state index < -0.39 is 33.8 Å². The van der Waals surface area contributed by atoms with E-state index >= 15 is 0 Å². The van der Waals surface area contributed by atoms with Crippen LogP contribution in [0.25, 0.3) is 0 Å². The first-order valence-electron chi connectivity index (χ1n) is 12.0. The molecule has 1 aromatic carbocycles. The Kier molecular flexibility index (Phi) is 6.90. The molecule has 2 unspecified atom stereocenters. The quantitative estimate of drug-likeness (QED) is 0.541. The number of fused-ring (bicyclic) bond motifs is 1. The minimum absolute atomic E-state index is 0.125. The highest BCUT2D eigenvalue weighted by Crippen LogP contribution is 2.26. The lowest BCUT2D eigenvalue weighted by Gasteiger charge is -2.36. The van der Waals surface area contributed by atoms with Gasteiger partial charge in [-0.05, 0) is 42.2 Å². The van der Waals surface area contributed by atoms with Gasteiger partial charge in [0.1, 0.15) is 12.3 Å². The zero-order chi connectivity index (χ0) is 26.0. The summed E-state index contributed by atoms with van der Waals surface area (Å²) in [7, 11) is -3.94. The Morgan fingerprint density at radius 2 is 1.81 bits per heavy atom. The highest BCUT2D eigenvalue weighted by Gasteiger charge is 2.38. The summed E-state index contributed by atoms with van der Waals surface area (Å²) >= 11 is 0. The number of carbonyl (C=O) groups excluding carboxylic acids is 3. The molecule has 192 valence electrons.